The summed E-state index contributed by atoms with van der Waals surface area (Å²) in [4.78, 5) is 0. The third-order valence-corrected chi connectivity index (χ3v) is 6.32. The van der Waals surface area contributed by atoms with E-state index < -0.39 is 0 Å². The molecule has 1 aliphatic heterocycles. The Morgan fingerprint density at radius 2 is 1.50 bits per heavy atom. The lowest BCUT2D eigenvalue weighted by Gasteiger charge is -2.21. The molecule has 1 radical (unpaired) electrons. The van der Waals surface area contributed by atoms with Crippen LogP contribution in [0.3, 0.4) is 0 Å². The molecule has 1 saturated heterocycles. The average molecular weight is 297 g/mol. The van der Waals surface area contributed by atoms with Gasteiger partial charge >= 0.3 is 0 Å². The Hall–Kier alpha value is 0.310. The molecule has 2 rings (SSSR count). The van der Waals surface area contributed by atoms with Gasteiger partial charge in [0.15, 0.2) is 0 Å². The van der Waals surface area contributed by atoms with Gasteiger partial charge in [0.2, 0.25) is 0 Å². The first-order valence-electron chi connectivity index (χ1n) is 9.20. The van der Waals surface area contributed by atoms with Crippen LogP contribution in [0, 0.1) is 5.92 Å². The lowest BCUT2D eigenvalue weighted by Crippen LogP contribution is -2.27. The van der Waals surface area contributed by atoms with Crippen LogP contribution in [0.5, 0.6) is 0 Å². The van der Waals surface area contributed by atoms with Crippen molar-refractivity contribution in [1.82, 2.24) is 5.32 Å². The third kappa shape index (κ3) is 7.36. The van der Waals surface area contributed by atoms with E-state index in [9.17, 15) is 0 Å². The minimum Gasteiger partial charge on any atom is -0.240 e. The van der Waals surface area contributed by atoms with E-state index in [0.29, 0.717) is 0 Å². The normalized spacial score (nSPS) is 26.1. The van der Waals surface area contributed by atoms with Crippen LogP contribution in [0.25, 0.3) is 0 Å². The molecule has 1 unspecified atom stereocenters. The van der Waals surface area contributed by atoms with Crippen LogP contribution in [-0.4, -0.2) is 24.1 Å². The second kappa shape index (κ2) is 11.0. The third-order valence-electron chi connectivity index (χ3n) is 5.05. The van der Waals surface area contributed by atoms with Gasteiger partial charge in [0.25, 0.3) is 0 Å². The fraction of sp³-hybridized carbons (Fsp3) is 1.00. The van der Waals surface area contributed by atoms with Gasteiger partial charge in [-0.15, -0.1) is 0 Å². The number of nitrogens with zero attached hydrogens (tertiary/aromatic N) is 1. The highest BCUT2D eigenvalue weighted by molar-refractivity contribution is 8.00. The van der Waals surface area contributed by atoms with Crippen molar-refractivity contribution in [3.8, 4) is 0 Å². The summed E-state index contributed by atoms with van der Waals surface area (Å²) >= 11 is 2.16. The molecule has 0 aromatic rings. The van der Waals surface area contributed by atoms with E-state index in [0.717, 1.165) is 24.3 Å². The second-order valence-electron chi connectivity index (χ2n) is 6.83. The van der Waals surface area contributed by atoms with Crippen LogP contribution in [-0.2, 0) is 0 Å². The zero-order chi connectivity index (χ0) is 13.9. The Bertz CT molecular complexity index is 217. The average Bonchev–Trinajstić information content (AvgIpc) is 2.45. The predicted octanol–water partition coefficient (Wildman–Crippen LogP) is 5.41. The van der Waals surface area contributed by atoms with E-state index in [1.165, 1.54) is 89.2 Å². The predicted molar refractivity (Wildman–Crippen MR) is 91.6 cm³/mol. The Morgan fingerprint density at radius 1 is 0.800 bits per heavy atom. The lowest BCUT2D eigenvalue weighted by atomic mass is 9.87. The van der Waals surface area contributed by atoms with Crippen LogP contribution in [0.4, 0.5) is 0 Å². The molecule has 0 aromatic carbocycles. The second-order valence-corrected chi connectivity index (χ2v) is 8.23. The molecule has 2 fully saturated rings. The highest BCUT2D eigenvalue weighted by Crippen LogP contribution is 2.27. The molecule has 1 heterocycles. The number of thioether (sulfide) groups is 1. The first kappa shape index (κ1) is 16.7. The first-order chi connectivity index (χ1) is 9.95. The highest BCUT2D eigenvalue weighted by Gasteiger charge is 2.14. The van der Waals surface area contributed by atoms with Crippen molar-refractivity contribution in [2.75, 3.05) is 18.8 Å². The van der Waals surface area contributed by atoms with Crippen molar-refractivity contribution in [2.45, 2.75) is 88.7 Å². The van der Waals surface area contributed by atoms with E-state index in [1.54, 1.807) is 0 Å². The first-order valence-corrected chi connectivity index (χ1v) is 10.2. The Labute approximate surface area is 131 Å². The maximum absolute atomic E-state index is 4.53. The van der Waals surface area contributed by atoms with Crippen molar-refractivity contribution >= 4 is 11.8 Å². The van der Waals surface area contributed by atoms with Gasteiger partial charge < -0.3 is 0 Å². The Balaban J connectivity index is 1.42. The van der Waals surface area contributed by atoms with Crippen LogP contribution >= 0.6 is 11.8 Å². The van der Waals surface area contributed by atoms with Crippen LogP contribution in [0.15, 0.2) is 0 Å². The standard InChI is InChI=1S/C18H34NS/c1-2-6-10-17(11-7-3-1)12-8-4-5-9-13-18-16-19-14-15-20-18/h17-18H,1-16H2. The number of hydrogen-bond donors (Lipinski definition) is 0. The maximum Gasteiger partial charge on any atom is 0.0253 e. The van der Waals surface area contributed by atoms with E-state index in [4.69, 9.17) is 0 Å². The van der Waals surface area contributed by atoms with E-state index in [1.807, 2.05) is 0 Å². The molecule has 0 N–H and O–H groups in total. The van der Waals surface area contributed by atoms with Crippen LogP contribution in [0.1, 0.15) is 83.5 Å². The molecular formula is C18H34NS. The van der Waals surface area contributed by atoms with E-state index in [-0.39, 0.29) is 0 Å². The number of hydrogen-bond acceptors (Lipinski definition) is 1. The fourth-order valence-electron chi connectivity index (χ4n) is 3.73. The molecular weight excluding hydrogens is 262 g/mol. The smallest absolute Gasteiger partial charge is 0.0253 e. The molecule has 0 spiro atoms. The summed E-state index contributed by atoms with van der Waals surface area (Å²) in [6, 6.07) is 0. The van der Waals surface area contributed by atoms with E-state index in [2.05, 4.69) is 17.1 Å². The Morgan fingerprint density at radius 3 is 2.20 bits per heavy atom. The molecule has 2 aliphatic rings. The maximum atomic E-state index is 4.53. The van der Waals surface area contributed by atoms with Crippen molar-refractivity contribution < 1.29 is 0 Å². The van der Waals surface area contributed by atoms with Gasteiger partial charge in [-0.25, -0.2) is 5.32 Å². The zero-order valence-electron chi connectivity index (χ0n) is 13.3. The minimum absolute atomic E-state index is 0.856. The SMILES string of the molecule is C1CCCC(CCCCCCC2C[N]CCS2)CCC1. The summed E-state index contributed by atoms with van der Waals surface area (Å²) < 4.78 is 0. The van der Waals surface area contributed by atoms with Gasteiger partial charge in [0, 0.05) is 24.1 Å². The summed E-state index contributed by atoms with van der Waals surface area (Å²) in [6.07, 6.45) is 19.4. The fourth-order valence-corrected chi connectivity index (χ4v) is 4.85. The van der Waals surface area contributed by atoms with Crippen molar-refractivity contribution in [3.05, 3.63) is 0 Å². The van der Waals surface area contributed by atoms with Gasteiger partial charge in [0.05, 0.1) is 0 Å². The van der Waals surface area contributed by atoms with Gasteiger partial charge in [-0.3, -0.25) is 0 Å². The van der Waals surface area contributed by atoms with E-state index >= 15 is 0 Å². The molecule has 1 saturated carbocycles. The van der Waals surface area contributed by atoms with Crippen LogP contribution < -0.4 is 5.32 Å². The number of rotatable bonds is 7. The molecule has 117 valence electrons. The van der Waals surface area contributed by atoms with Gasteiger partial charge in [0.1, 0.15) is 0 Å². The number of unbranched alkanes of at least 4 members (excludes halogenated alkanes) is 3. The van der Waals surface area contributed by atoms with Crippen molar-refractivity contribution in [2.24, 2.45) is 5.92 Å². The topological polar surface area (TPSA) is 14.1 Å². The largest absolute Gasteiger partial charge is 0.240 e. The molecule has 1 nitrogen and oxygen atoms in total. The molecule has 0 bridgehead atoms. The highest BCUT2D eigenvalue weighted by atomic mass is 32.2. The summed E-state index contributed by atoms with van der Waals surface area (Å²) in [5.41, 5.74) is 0. The summed E-state index contributed by atoms with van der Waals surface area (Å²) in [7, 11) is 0. The lowest BCUT2D eigenvalue weighted by molar-refractivity contribution is 0.346. The quantitative estimate of drug-likeness (QED) is 0.573. The zero-order valence-corrected chi connectivity index (χ0v) is 14.1. The van der Waals surface area contributed by atoms with Gasteiger partial charge in [-0.2, -0.15) is 11.8 Å². The monoisotopic (exact) mass is 296 g/mol. The van der Waals surface area contributed by atoms with Crippen molar-refractivity contribution in [3.63, 3.8) is 0 Å². The van der Waals surface area contributed by atoms with Gasteiger partial charge in [-0.05, 0) is 12.3 Å². The summed E-state index contributed by atoms with van der Waals surface area (Å²) in [5, 5.41) is 5.39. The molecule has 20 heavy (non-hydrogen) atoms. The van der Waals surface area contributed by atoms with Crippen LogP contribution in [0.2, 0.25) is 0 Å². The summed E-state index contributed by atoms with van der Waals surface area (Å²) in [6.45, 7) is 2.23. The molecule has 1 aliphatic carbocycles. The van der Waals surface area contributed by atoms with Gasteiger partial charge in [-0.1, -0.05) is 77.0 Å². The molecule has 0 aromatic heterocycles. The molecule has 1 atom stereocenters. The minimum atomic E-state index is 0.856. The summed E-state index contributed by atoms with van der Waals surface area (Å²) in [5.74, 6) is 2.34. The molecule has 0 amide bonds. The molecule has 2 heteroatoms. The Kier molecular flexibility index (Phi) is 9.13. The van der Waals surface area contributed by atoms with Crippen molar-refractivity contribution in [1.29, 1.82) is 0 Å².